The van der Waals surface area contributed by atoms with E-state index in [-0.39, 0.29) is 5.97 Å². The van der Waals surface area contributed by atoms with Crippen molar-refractivity contribution in [3.8, 4) is 0 Å². The Morgan fingerprint density at radius 2 is 1.93 bits per heavy atom. The van der Waals surface area contributed by atoms with Gasteiger partial charge in [0.15, 0.2) is 0 Å². The van der Waals surface area contributed by atoms with Gasteiger partial charge in [0.05, 0.1) is 6.61 Å². The van der Waals surface area contributed by atoms with Gasteiger partial charge in [-0.05, 0) is 30.1 Å². The Morgan fingerprint density at radius 3 is 2.50 bits per heavy atom. The van der Waals surface area contributed by atoms with Crippen molar-refractivity contribution in [3.05, 3.63) is 24.8 Å². The van der Waals surface area contributed by atoms with Gasteiger partial charge in [0.2, 0.25) is 0 Å². The van der Waals surface area contributed by atoms with Crippen LogP contribution in [0.3, 0.4) is 0 Å². The molecule has 0 unspecified atom stereocenters. The molecule has 0 N–H and O–H groups in total. The molecule has 0 aromatic rings. The molecule has 0 aliphatic rings. The van der Waals surface area contributed by atoms with Crippen molar-refractivity contribution in [2.24, 2.45) is 0 Å². The molecule has 2 nitrogen and oxygen atoms in total. The molecule has 0 aliphatic heterocycles. The molecule has 0 aromatic heterocycles. The standard InChI is InChI=1S/C11H17IO2/c1-2-11(13)14-10-8-6-4-3-5-7-9-12/h2-4H,1,5-10H2/b4-3+. The van der Waals surface area contributed by atoms with Crippen molar-refractivity contribution in [1.82, 2.24) is 0 Å². The summed E-state index contributed by atoms with van der Waals surface area (Å²) in [7, 11) is 0. The number of hydrogen-bond donors (Lipinski definition) is 0. The van der Waals surface area contributed by atoms with Crippen molar-refractivity contribution in [1.29, 1.82) is 0 Å². The van der Waals surface area contributed by atoms with E-state index < -0.39 is 0 Å². The number of rotatable bonds is 8. The van der Waals surface area contributed by atoms with Gasteiger partial charge in [-0.2, -0.15) is 0 Å². The number of unbranched alkanes of at least 4 members (excludes halogenated alkanes) is 2. The third kappa shape index (κ3) is 9.77. The maximum atomic E-state index is 10.6. The zero-order valence-corrected chi connectivity index (χ0v) is 10.5. The topological polar surface area (TPSA) is 26.3 Å². The molecular weight excluding hydrogens is 291 g/mol. The van der Waals surface area contributed by atoms with Gasteiger partial charge in [0.1, 0.15) is 0 Å². The zero-order valence-electron chi connectivity index (χ0n) is 8.38. The van der Waals surface area contributed by atoms with Crippen LogP contribution in [-0.2, 0) is 9.53 Å². The summed E-state index contributed by atoms with van der Waals surface area (Å²) in [6.07, 6.45) is 9.78. The fraction of sp³-hybridized carbons (Fsp3) is 0.545. The summed E-state index contributed by atoms with van der Waals surface area (Å²) in [6, 6.07) is 0. The highest BCUT2D eigenvalue weighted by atomic mass is 127. The number of halogens is 1. The quantitative estimate of drug-likeness (QED) is 0.172. The van der Waals surface area contributed by atoms with Gasteiger partial charge in [0, 0.05) is 6.08 Å². The van der Waals surface area contributed by atoms with Crippen molar-refractivity contribution in [2.45, 2.75) is 25.7 Å². The molecule has 80 valence electrons. The maximum Gasteiger partial charge on any atom is 0.330 e. The van der Waals surface area contributed by atoms with Crippen molar-refractivity contribution < 1.29 is 9.53 Å². The molecule has 0 rings (SSSR count). The number of allylic oxidation sites excluding steroid dienone is 2. The minimum Gasteiger partial charge on any atom is -0.463 e. The van der Waals surface area contributed by atoms with Crippen LogP contribution in [0.15, 0.2) is 24.8 Å². The lowest BCUT2D eigenvalue weighted by molar-refractivity contribution is -0.137. The molecule has 0 amide bonds. The van der Waals surface area contributed by atoms with Gasteiger partial charge in [-0.3, -0.25) is 0 Å². The summed E-state index contributed by atoms with van der Waals surface area (Å²) in [5, 5.41) is 0. The molecule has 0 atom stereocenters. The summed E-state index contributed by atoms with van der Waals surface area (Å²) >= 11 is 2.37. The molecule has 0 heterocycles. The Hall–Kier alpha value is -0.320. The second-order valence-electron chi connectivity index (χ2n) is 2.82. The average molecular weight is 308 g/mol. The zero-order chi connectivity index (χ0) is 10.6. The monoisotopic (exact) mass is 308 g/mol. The summed E-state index contributed by atoms with van der Waals surface area (Å²) in [5.41, 5.74) is 0. The highest BCUT2D eigenvalue weighted by molar-refractivity contribution is 14.1. The molecule has 0 fully saturated rings. The number of hydrogen-bond acceptors (Lipinski definition) is 2. The Labute approximate surface area is 99.5 Å². The van der Waals surface area contributed by atoms with E-state index in [1.807, 2.05) is 0 Å². The number of esters is 1. The van der Waals surface area contributed by atoms with Gasteiger partial charge in [0.25, 0.3) is 0 Å². The first-order valence-electron chi connectivity index (χ1n) is 4.81. The Kier molecular flexibility index (Phi) is 10.5. The van der Waals surface area contributed by atoms with Crippen LogP contribution in [0.2, 0.25) is 0 Å². The number of carbonyl (C=O) groups excluding carboxylic acids is 1. The number of alkyl halides is 1. The Morgan fingerprint density at radius 1 is 1.29 bits per heavy atom. The van der Waals surface area contributed by atoms with E-state index in [1.54, 1.807) is 0 Å². The van der Waals surface area contributed by atoms with Crippen LogP contribution in [0, 0.1) is 0 Å². The van der Waals surface area contributed by atoms with Crippen LogP contribution in [-0.4, -0.2) is 17.0 Å². The highest BCUT2D eigenvalue weighted by Crippen LogP contribution is 1.98. The van der Waals surface area contributed by atoms with Crippen molar-refractivity contribution >= 4 is 28.6 Å². The maximum absolute atomic E-state index is 10.6. The minimum atomic E-state index is -0.334. The van der Waals surface area contributed by atoms with E-state index in [1.165, 1.54) is 16.9 Å². The third-order valence-corrected chi connectivity index (χ3v) is 2.36. The Balaban J connectivity index is 3.16. The average Bonchev–Trinajstić information content (AvgIpc) is 2.21. The smallest absolute Gasteiger partial charge is 0.330 e. The summed E-state index contributed by atoms with van der Waals surface area (Å²) in [4.78, 5) is 10.6. The first-order chi connectivity index (χ1) is 6.81. The van der Waals surface area contributed by atoms with Crippen LogP contribution in [0.5, 0.6) is 0 Å². The first-order valence-corrected chi connectivity index (χ1v) is 6.34. The van der Waals surface area contributed by atoms with E-state index in [0.29, 0.717) is 6.61 Å². The second kappa shape index (κ2) is 10.8. The SMILES string of the molecule is C=CC(=O)OCCC/C=C/CCCI. The normalized spacial score (nSPS) is 10.4. The van der Waals surface area contributed by atoms with E-state index in [9.17, 15) is 4.79 Å². The van der Waals surface area contributed by atoms with Crippen LogP contribution in [0.25, 0.3) is 0 Å². The minimum absolute atomic E-state index is 0.334. The first kappa shape index (κ1) is 13.7. The fourth-order valence-corrected chi connectivity index (χ4v) is 1.30. The number of carbonyl (C=O) groups is 1. The molecule has 0 bridgehead atoms. The predicted molar refractivity (Wildman–Crippen MR) is 67.7 cm³/mol. The fourth-order valence-electron chi connectivity index (χ4n) is 0.864. The van der Waals surface area contributed by atoms with E-state index >= 15 is 0 Å². The summed E-state index contributed by atoms with van der Waals surface area (Å²) < 4.78 is 6.03. The van der Waals surface area contributed by atoms with Crippen molar-refractivity contribution in [3.63, 3.8) is 0 Å². The molecule has 0 aliphatic carbocycles. The van der Waals surface area contributed by atoms with Gasteiger partial charge < -0.3 is 4.74 Å². The second-order valence-corrected chi connectivity index (χ2v) is 3.90. The molecule has 3 heteroatoms. The lowest BCUT2D eigenvalue weighted by atomic mass is 10.2. The van der Waals surface area contributed by atoms with Crippen LogP contribution in [0.4, 0.5) is 0 Å². The predicted octanol–water partition coefficient (Wildman–Crippen LogP) is 3.27. The van der Waals surface area contributed by atoms with Crippen molar-refractivity contribution in [2.75, 3.05) is 11.0 Å². The number of ether oxygens (including phenoxy) is 1. The van der Waals surface area contributed by atoms with Gasteiger partial charge >= 0.3 is 5.97 Å². The van der Waals surface area contributed by atoms with Crippen LogP contribution >= 0.6 is 22.6 Å². The third-order valence-electron chi connectivity index (χ3n) is 1.60. The molecule has 0 aromatic carbocycles. The molecule has 0 saturated heterocycles. The largest absolute Gasteiger partial charge is 0.463 e. The lowest BCUT2D eigenvalue weighted by Gasteiger charge is -1.98. The summed E-state index contributed by atoms with van der Waals surface area (Å²) in [6.45, 7) is 3.81. The lowest BCUT2D eigenvalue weighted by Crippen LogP contribution is -2.00. The molecule has 0 spiro atoms. The van der Waals surface area contributed by atoms with Crippen LogP contribution < -0.4 is 0 Å². The summed E-state index contributed by atoms with van der Waals surface area (Å²) in [5.74, 6) is -0.334. The van der Waals surface area contributed by atoms with Gasteiger partial charge in [-0.15, -0.1) is 0 Å². The van der Waals surface area contributed by atoms with E-state index in [0.717, 1.165) is 19.3 Å². The molecule has 0 radical (unpaired) electrons. The molecular formula is C11H17IO2. The Bertz CT molecular complexity index is 188. The van der Waals surface area contributed by atoms with Gasteiger partial charge in [-0.25, -0.2) is 4.79 Å². The van der Waals surface area contributed by atoms with Crippen LogP contribution in [0.1, 0.15) is 25.7 Å². The highest BCUT2D eigenvalue weighted by Gasteiger charge is 1.92. The van der Waals surface area contributed by atoms with Gasteiger partial charge in [-0.1, -0.05) is 41.3 Å². The molecule has 0 saturated carbocycles. The molecule has 14 heavy (non-hydrogen) atoms. The van der Waals surface area contributed by atoms with E-state index in [4.69, 9.17) is 4.74 Å². The van der Waals surface area contributed by atoms with E-state index in [2.05, 4.69) is 41.3 Å².